The van der Waals surface area contributed by atoms with Crippen LogP contribution in [0.3, 0.4) is 0 Å². The molecule has 0 bridgehead atoms. The molecule has 1 aromatic rings. The van der Waals surface area contributed by atoms with Crippen LogP contribution in [0.5, 0.6) is 0 Å². The maximum atomic E-state index is 13.7. The molecule has 1 aliphatic heterocycles. The fraction of sp³-hybridized carbons (Fsp3) is 0.571. The van der Waals surface area contributed by atoms with Crippen LogP contribution in [0.4, 0.5) is 10.1 Å². The van der Waals surface area contributed by atoms with Crippen LogP contribution in [0.1, 0.15) is 19.4 Å². The number of nitrogens with one attached hydrogen (secondary N) is 1. The van der Waals surface area contributed by atoms with E-state index in [9.17, 15) is 4.39 Å². The largest absolute Gasteiger partial charge is 0.367 e. The lowest BCUT2D eigenvalue weighted by atomic mass is 10.1. The Morgan fingerprint density at radius 2 is 2.28 bits per heavy atom. The van der Waals surface area contributed by atoms with Crippen LogP contribution < -0.4 is 10.2 Å². The van der Waals surface area contributed by atoms with Crippen molar-refractivity contribution in [3.8, 4) is 0 Å². The van der Waals surface area contributed by atoms with E-state index in [4.69, 9.17) is 0 Å². The van der Waals surface area contributed by atoms with Gasteiger partial charge in [-0.2, -0.15) is 11.8 Å². The Balaban J connectivity index is 2.18. The van der Waals surface area contributed by atoms with Gasteiger partial charge in [0, 0.05) is 36.3 Å². The zero-order valence-electron chi connectivity index (χ0n) is 11.1. The van der Waals surface area contributed by atoms with Gasteiger partial charge in [0.2, 0.25) is 0 Å². The molecule has 0 aromatic heterocycles. The molecule has 1 aliphatic rings. The van der Waals surface area contributed by atoms with Gasteiger partial charge < -0.3 is 10.2 Å². The van der Waals surface area contributed by atoms with Crippen molar-refractivity contribution >= 4 is 17.4 Å². The van der Waals surface area contributed by atoms with E-state index in [1.54, 1.807) is 12.1 Å². The lowest BCUT2D eigenvalue weighted by molar-refractivity contribution is 0.617. The molecular weight excluding hydrogens is 247 g/mol. The first kappa shape index (κ1) is 13.7. The Morgan fingerprint density at radius 1 is 1.44 bits per heavy atom. The maximum absolute atomic E-state index is 13.7. The number of nitrogens with zero attached hydrogens (tertiary/aromatic N) is 1. The zero-order valence-corrected chi connectivity index (χ0v) is 11.9. The Bertz CT molecular complexity index is 397. The fourth-order valence-corrected chi connectivity index (χ4v) is 3.29. The van der Waals surface area contributed by atoms with Crippen molar-refractivity contribution in [1.82, 2.24) is 5.32 Å². The molecule has 1 atom stereocenters. The highest BCUT2D eigenvalue weighted by atomic mass is 32.2. The van der Waals surface area contributed by atoms with Crippen LogP contribution in [0, 0.1) is 5.82 Å². The van der Waals surface area contributed by atoms with E-state index in [0.29, 0.717) is 6.04 Å². The number of benzene rings is 1. The average molecular weight is 268 g/mol. The molecule has 0 aliphatic carbocycles. The van der Waals surface area contributed by atoms with Crippen LogP contribution >= 0.6 is 11.8 Å². The van der Waals surface area contributed by atoms with Gasteiger partial charge in [0.1, 0.15) is 5.82 Å². The summed E-state index contributed by atoms with van der Waals surface area (Å²) in [7, 11) is 0. The molecule has 2 nitrogen and oxygen atoms in total. The molecule has 1 saturated heterocycles. The number of halogens is 1. The summed E-state index contributed by atoms with van der Waals surface area (Å²) in [5, 5.41) is 3.24. The molecule has 1 N–H and O–H groups in total. The van der Waals surface area contributed by atoms with Crippen LogP contribution in [0.25, 0.3) is 0 Å². The third-order valence-electron chi connectivity index (χ3n) is 3.22. The summed E-state index contributed by atoms with van der Waals surface area (Å²) in [5.41, 5.74) is 2.05. The van der Waals surface area contributed by atoms with Crippen molar-refractivity contribution in [1.29, 1.82) is 0 Å². The highest BCUT2D eigenvalue weighted by Gasteiger charge is 2.19. The highest BCUT2D eigenvalue weighted by Crippen LogP contribution is 2.25. The van der Waals surface area contributed by atoms with Crippen molar-refractivity contribution in [3.05, 3.63) is 29.6 Å². The second-order valence-corrected chi connectivity index (χ2v) is 5.87. The summed E-state index contributed by atoms with van der Waals surface area (Å²) in [5.74, 6) is 2.12. The molecule has 0 spiro atoms. The Kier molecular flexibility index (Phi) is 4.89. The topological polar surface area (TPSA) is 15.3 Å². The van der Waals surface area contributed by atoms with E-state index >= 15 is 0 Å². The summed E-state index contributed by atoms with van der Waals surface area (Å²) in [6, 6.07) is 5.87. The average Bonchev–Trinajstić information content (AvgIpc) is 2.36. The first-order chi connectivity index (χ1) is 8.70. The lowest BCUT2D eigenvalue weighted by Crippen LogP contribution is -2.40. The maximum Gasteiger partial charge on any atom is 0.125 e. The van der Waals surface area contributed by atoms with Gasteiger partial charge in [0.15, 0.2) is 0 Å². The number of thioether (sulfide) groups is 1. The second kappa shape index (κ2) is 6.43. The summed E-state index contributed by atoms with van der Waals surface area (Å²) in [6.07, 6.45) is 0. The predicted octanol–water partition coefficient (Wildman–Crippen LogP) is 2.88. The lowest BCUT2D eigenvalue weighted by Gasteiger charge is -2.35. The monoisotopic (exact) mass is 268 g/mol. The van der Waals surface area contributed by atoms with Gasteiger partial charge in [-0.1, -0.05) is 6.92 Å². The van der Waals surface area contributed by atoms with Crippen molar-refractivity contribution in [2.75, 3.05) is 29.5 Å². The molecule has 0 amide bonds. The molecule has 1 fully saturated rings. The zero-order chi connectivity index (χ0) is 13.0. The molecule has 4 heteroatoms. The summed E-state index contributed by atoms with van der Waals surface area (Å²) in [6.45, 7) is 6.92. The first-order valence-corrected chi connectivity index (χ1v) is 7.70. The van der Waals surface area contributed by atoms with E-state index in [-0.39, 0.29) is 5.82 Å². The fourth-order valence-electron chi connectivity index (χ4n) is 2.28. The third-order valence-corrected chi connectivity index (χ3v) is 4.41. The van der Waals surface area contributed by atoms with Crippen molar-refractivity contribution in [3.63, 3.8) is 0 Å². The molecule has 0 saturated carbocycles. The van der Waals surface area contributed by atoms with Gasteiger partial charge in [-0.3, -0.25) is 0 Å². The van der Waals surface area contributed by atoms with Crippen molar-refractivity contribution in [2.24, 2.45) is 0 Å². The normalized spacial score (nSPS) is 20.2. The van der Waals surface area contributed by atoms with Crippen LogP contribution in [0.15, 0.2) is 18.2 Å². The first-order valence-electron chi connectivity index (χ1n) is 6.55. The minimum atomic E-state index is -0.133. The number of hydrogen-bond acceptors (Lipinski definition) is 3. The van der Waals surface area contributed by atoms with Crippen LogP contribution in [-0.4, -0.2) is 30.6 Å². The summed E-state index contributed by atoms with van der Waals surface area (Å²) >= 11 is 1.98. The van der Waals surface area contributed by atoms with Crippen molar-refractivity contribution in [2.45, 2.75) is 26.4 Å². The molecule has 18 heavy (non-hydrogen) atoms. The smallest absolute Gasteiger partial charge is 0.125 e. The molecule has 1 aromatic carbocycles. The van der Waals surface area contributed by atoms with Gasteiger partial charge in [-0.15, -0.1) is 0 Å². The van der Waals surface area contributed by atoms with E-state index in [2.05, 4.69) is 30.1 Å². The van der Waals surface area contributed by atoms with Crippen LogP contribution in [0.2, 0.25) is 0 Å². The number of anilines is 1. The number of hydrogen-bond donors (Lipinski definition) is 1. The van der Waals surface area contributed by atoms with Gasteiger partial charge in [-0.25, -0.2) is 4.39 Å². The van der Waals surface area contributed by atoms with Gasteiger partial charge in [0.05, 0.1) is 0 Å². The minimum absolute atomic E-state index is 0.133. The summed E-state index contributed by atoms with van der Waals surface area (Å²) < 4.78 is 13.7. The highest BCUT2D eigenvalue weighted by molar-refractivity contribution is 7.99. The SMILES string of the molecule is CCNCc1cc(F)cc(N2CCSCC2C)c1. The van der Waals surface area contributed by atoms with E-state index in [1.165, 1.54) is 0 Å². The Morgan fingerprint density at radius 3 is 3.00 bits per heavy atom. The van der Waals surface area contributed by atoms with Gasteiger partial charge in [0.25, 0.3) is 0 Å². The van der Waals surface area contributed by atoms with Gasteiger partial charge in [-0.05, 0) is 37.2 Å². The Labute approximate surface area is 113 Å². The van der Waals surface area contributed by atoms with Crippen molar-refractivity contribution < 1.29 is 4.39 Å². The molecular formula is C14H21FN2S. The van der Waals surface area contributed by atoms with Gasteiger partial charge >= 0.3 is 0 Å². The third kappa shape index (κ3) is 3.39. The quantitative estimate of drug-likeness (QED) is 0.904. The minimum Gasteiger partial charge on any atom is -0.367 e. The van der Waals surface area contributed by atoms with Crippen LogP contribution in [-0.2, 0) is 6.54 Å². The standard InChI is InChI=1S/C14H21FN2S/c1-3-16-9-12-6-13(15)8-14(7-12)17-4-5-18-10-11(17)2/h6-8,11,16H,3-5,9-10H2,1-2H3. The molecule has 100 valence electrons. The van der Waals surface area contributed by atoms with E-state index in [1.807, 2.05) is 11.8 Å². The van der Waals surface area contributed by atoms with E-state index in [0.717, 1.165) is 42.4 Å². The molecule has 1 heterocycles. The number of rotatable bonds is 4. The molecule has 1 unspecified atom stereocenters. The molecule has 0 radical (unpaired) electrons. The Hall–Kier alpha value is -0.740. The predicted molar refractivity (Wildman–Crippen MR) is 77.9 cm³/mol. The summed E-state index contributed by atoms with van der Waals surface area (Å²) in [4.78, 5) is 2.31. The second-order valence-electron chi connectivity index (χ2n) is 4.72. The van der Waals surface area contributed by atoms with E-state index < -0.39 is 0 Å². The molecule has 2 rings (SSSR count).